The molecule has 1 aliphatic rings. The Hall–Kier alpha value is -3.77. The molecule has 0 aliphatic carbocycles. The van der Waals surface area contributed by atoms with E-state index >= 15 is 0 Å². The van der Waals surface area contributed by atoms with Crippen LogP contribution in [0.1, 0.15) is 18.9 Å². The molecule has 1 N–H and O–H groups in total. The first-order valence-electron chi connectivity index (χ1n) is 10.6. The zero-order valence-corrected chi connectivity index (χ0v) is 19.1. The largest absolute Gasteiger partial charge is 0.495 e. The van der Waals surface area contributed by atoms with Gasteiger partial charge in [0.15, 0.2) is 0 Å². The summed E-state index contributed by atoms with van der Waals surface area (Å²) in [6, 6.07) is 21.1. The quantitative estimate of drug-likeness (QED) is 0.445. The SMILES string of the molecule is CCCOc1cccc(N2C(=O)C(Nc3cc(Cl)ccc3OC)=C(c3ccccc3)C2=O)c1. The molecule has 0 fully saturated rings. The van der Waals surface area contributed by atoms with Crippen LogP contribution in [-0.4, -0.2) is 25.5 Å². The number of hydrogen-bond donors (Lipinski definition) is 1. The number of halogens is 1. The summed E-state index contributed by atoms with van der Waals surface area (Å²) in [6.45, 7) is 2.55. The third-order valence-electron chi connectivity index (χ3n) is 5.12. The van der Waals surface area contributed by atoms with E-state index in [0.29, 0.717) is 40.1 Å². The molecule has 0 bridgehead atoms. The molecule has 0 spiro atoms. The summed E-state index contributed by atoms with van der Waals surface area (Å²) in [6.07, 6.45) is 0.848. The lowest BCUT2D eigenvalue weighted by molar-refractivity contribution is -0.120. The van der Waals surface area contributed by atoms with Crippen LogP contribution >= 0.6 is 11.6 Å². The van der Waals surface area contributed by atoms with Crippen molar-refractivity contribution in [1.29, 1.82) is 0 Å². The average Bonchev–Trinajstić information content (AvgIpc) is 3.07. The summed E-state index contributed by atoms with van der Waals surface area (Å²) in [5, 5.41) is 3.57. The number of anilines is 2. The molecule has 1 aliphatic heterocycles. The Balaban J connectivity index is 1.79. The molecule has 3 aromatic carbocycles. The number of nitrogens with zero attached hydrogens (tertiary/aromatic N) is 1. The third-order valence-corrected chi connectivity index (χ3v) is 5.35. The van der Waals surface area contributed by atoms with Crippen molar-refractivity contribution in [3.8, 4) is 11.5 Å². The molecule has 0 saturated heterocycles. The van der Waals surface area contributed by atoms with Gasteiger partial charge in [0.25, 0.3) is 11.8 Å². The molecular formula is C26H23ClN2O4. The smallest absolute Gasteiger partial charge is 0.282 e. The second kappa shape index (κ2) is 9.79. The van der Waals surface area contributed by atoms with Gasteiger partial charge in [-0.05, 0) is 42.3 Å². The minimum Gasteiger partial charge on any atom is -0.495 e. The number of amides is 2. The van der Waals surface area contributed by atoms with Crippen LogP contribution in [0, 0.1) is 0 Å². The highest BCUT2D eigenvalue weighted by Gasteiger charge is 2.40. The van der Waals surface area contributed by atoms with E-state index in [9.17, 15) is 9.59 Å². The maximum absolute atomic E-state index is 13.6. The van der Waals surface area contributed by atoms with Crippen molar-refractivity contribution >= 4 is 40.4 Å². The number of nitrogens with one attached hydrogen (secondary N) is 1. The summed E-state index contributed by atoms with van der Waals surface area (Å²) in [7, 11) is 1.52. The number of methoxy groups -OCH3 is 1. The first-order chi connectivity index (χ1) is 16.0. The maximum atomic E-state index is 13.6. The van der Waals surface area contributed by atoms with Gasteiger partial charge < -0.3 is 14.8 Å². The van der Waals surface area contributed by atoms with Gasteiger partial charge in [-0.2, -0.15) is 0 Å². The summed E-state index contributed by atoms with van der Waals surface area (Å²) < 4.78 is 11.1. The Morgan fingerprint density at radius 2 is 1.73 bits per heavy atom. The highest BCUT2D eigenvalue weighted by atomic mass is 35.5. The van der Waals surface area contributed by atoms with Crippen LogP contribution in [0.15, 0.2) is 78.5 Å². The number of ether oxygens (including phenoxy) is 2. The van der Waals surface area contributed by atoms with Crippen LogP contribution in [-0.2, 0) is 9.59 Å². The van der Waals surface area contributed by atoms with E-state index in [1.165, 1.54) is 7.11 Å². The van der Waals surface area contributed by atoms with Gasteiger partial charge in [0.2, 0.25) is 0 Å². The van der Waals surface area contributed by atoms with Crippen LogP contribution in [0.5, 0.6) is 11.5 Å². The summed E-state index contributed by atoms with van der Waals surface area (Å²) in [5.41, 5.74) is 1.95. The number of benzene rings is 3. The summed E-state index contributed by atoms with van der Waals surface area (Å²) >= 11 is 6.17. The number of carbonyl (C=O) groups is 2. The van der Waals surface area contributed by atoms with E-state index in [4.69, 9.17) is 21.1 Å². The molecule has 0 saturated carbocycles. The monoisotopic (exact) mass is 462 g/mol. The molecule has 1 heterocycles. The van der Waals surface area contributed by atoms with Gasteiger partial charge in [-0.15, -0.1) is 0 Å². The standard InChI is InChI=1S/C26H23ClN2O4/c1-3-14-33-20-11-7-10-19(16-20)29-25(30)23(17-8-5-4-6-9-17)24(26(29)31)28-21-15-18(27)12-13-22(21)32-2/h4-13,15-16,28H,3,14H2,1-2H3. The molecule has 6 nitrogen and oxygen atoms in total. The Kier molecular flexibility index (Phi) is 6.66. The van der Waals surface area contributed by atoms with Crippen LogP contribution in [0.3, 0.4) is 0 Å². The molecule has 0 aromatic heterocycles. The molecule has 0 atom stereocenters. The Morgan fingerprint density at radius 3 is 2.45 bits per heavy atom. The molecule has 2 amide bonds. The zero-order valence-electron chi connectivity index (χ0n) is 18.3. The van der Waals surface area contributed by atoms with Gasteiger partial charge in [0.1, 0.15) is 17.2 Å². The minimum absolute atomic E-state index is 0.145. The fraction of sp³-hybridized carbons (Fsp3) is 0.154. The first-order valence-corrected chi connectivity index (χ1v) is 10.9. The number of rotatable bonds is 8. The summed E-state index contributed by atoms with van der Waals surface area (Å²) in [4.78, 5) is 28.3. The predicted octanol–water partition coefficient (Wildman–Crippen LogP) is 5.53. The lowest BCUT2D eigenvalue weighted by atomic mass is 10.0. The highest BCUT2D eigenvalue weighted by Crippen LogP contribution is 2.37. The fourth-order valence-corrected chi connectivity index (χ4v) is 3.77. The van der Waals surface area contributed by atoms with E-state index in [1.54, 1.807) is 54.6 Å². The van der Waals surface area contributed by atoms with Crippen molar-refractivity contribution in [2.24, 2.45) is 0 Å². The van der Waals surface area contributed by atoms with Crippen molar-refractivity contribution < 1.29 is 19.1 Å². The topological polar surface area (TPSA) is 67.9 Å². The second-order valence-electron chi connectivity index (χ2n) is 7.38. The molecule has 7 heteroatoms. The van der Waals surface area contributed by atoms with Gasteiger partial charge in [-0.25, -0.2) is 4.90 Å². The van der Waals surface area contributed by atoms with Crippen molar-refractivity contribution in [1.82, 2.24) is 0 Å². The van der Waals surface area contributed by atoms with Gasteiger partial charge in [0, 0.05) is 11.1 Å². The van der Waals surface area contributed by atoms with Gasteiger partial charge in [-0.1, -0.05) is 54.9 Å². The number of imide groups is 1. The third kappa shape index (κ3) is 4.56. The van der Waals surface area contributed by atoms with Gasteiger partial charge in [0.05, 0.1) is 30.7 Å². The Morgan fingerprint density at radius 1 is 0.939 bits per heavy atom. The van der Waals surface area contributed by atoms with Crippen molar-refractivity contribution in [2.75, 3.05) is 23.9 Å². The van der Waals surface area contributed by atoms with Gasteiger partial charge >= 0.3 is 0 Å². The molecule has 0 unspecified atom stereocenters. The van der Waals surface area contributed by atoms with Crippen LogP contribution in [0.25, 0.3) is 5.57 Å². The average molecular weight is 463 g/mol. The molecule has 0 radical (unpaired) electrons. The van der Waals surface area contributed by atoms with Gasteiger partial charge in [-0.3, -0.25) is 9.59 Å². The number of carbonyl (C=O) groups excluding carboxylic acids is 2. The van der Waals surface area contributed by atoms with E-state index < -0.39 is 11.8 Å². The zero-order chi connectivity index (χ0) is 23.4. The van der Waals surface area contributed by atoms with Crippen LogP contribution < -0.4 is 19.7 Å². The number of hydrogen-bond acceptors (Lipinski definition) is 5. The van der Waals surface area contributed by atoms with Crippen LogP contribution in [0.2, 0.25) is 5.02 Å². The minimum atomic E-state index is -0.478. The normalized spacial score (nSPS) is 13.5. The molecule has 3 aromatic rings. The van der Waals surface area contributed by atoms with E-state index in [0.717, 1.165) is 11.3 Å². The van der Waals surface area contributed by atoms with E-state index in [-0.39, 0.29) is 11.3 Å². The van der Waals surface area contributed by atoms with Crippen molar-refractivity contribution in [2.45, 2.75) is 13.3 Å². The Bertz CT molecular complexity index is 1220. The van der Waals surface area contributed by atoms with E-state index in [1.807, 2.05) is 25.1 Å². The molecule has 33 heavy (non-hydrogen) atoms. The highest BCUT2D eigenvalue weighted by molar-refractivity contribution is 6.46. The first kappa shape index (κ1) is 22.4. The van der Waals surface area contributed by atoms with Crippen LogP contribution in [0.4, 0.5) is 11.4 Å². The molecule has 4 rings (SSSR count). The lowest BCUT2D eigenvalue weighted by Crippen LogP contribution is -2.32. The van der Waals surface area contributed by atoms with Crippen molar-refractivity contribution in [3.63, 3.8) is 0 Å². The second-order valence-corrected chi connectivity index (χ2v) is 7.81. The predicted molar refractivity (Wildman–Crippen MR) is 130 cm³/mol. The van der Waals surface area contributed by atoms with E-state index in [2.05, 4.69) is 5.32 Å². The van der Waals surface area contributed by atoms with Crippen molar-refractivity contribution in [3.05, 3.63) is 89.1 Å². The summed E-state index contributed by atoms with van der Waals surface area (Å²) in [5.74, 6) is 0.179. The molecular weight excluding hydrogens is 440 g/mol. The maximum Gasteiger partial charge on any atom is 0.282 e. The Labute approximate surface area is 197 Å². The fourth-order valence-electron chi connectivity index (χ4n) is 3.60. The lowest BCUT2D eigenvalue weighted by Gasteiger charge is -2.17. The molecule has 168 valence electrons.